The Kier molecular flexibility index (Phi) is 5.17. The molecular weight excluding hydrogens is 214 g/mol. The molecule has 0 amide bonds. The lowest BCUT2D eigenvalue weighted by atomic mass is 10.2. The van der Waals surface area contributed by atoms with Crippen molar-refractivity contribution < 1.29 is 9.53 Å². The third kappa shape index (κ3) is 5.13. The molecule has 0 N–H and O–H groups in total. The summed E-state index contributed by atoms with van der Waals surface area (Å²) in [5.74, 6) is 0.0839. The van der Waals surface area contributed by atoms with Crippen molar-refractivity contribution in [2.45, 2.75) is 0 Å². The molecule has 0 saturated carbocycles. The first kappa shape index (κ1) is 13.2. The van der Waals surface area contributed by atoms with Crippen LogP contribution in [0.5, 0.6) is 5.75 Å². The number of benzene rings is 1. The Bertz CT molecular complexity index is 405. The van der Waals surface area contributed by atoms with Crippen molar-refractivity contribution in [3.63, 3.8) is 0 Å². The smallest absolute Gasteiger partial charge is 0.335 e. The van der Waals surface area contributed by atoms with Gasteiger partial charge >= 0.3 is 5.97 Å². The zero-order valence-electron chi connectivity index (χ0n) is 10.2. The maximum Gasteiger partial charge on any atom is 0.335 e. The van der Waals surface area contributed by atoms with Crippen molar-refractivity contribution in [3.8, 4) is 5.75 Å². The first-order valence-corrected chi connectivity index (χ1v) is 5.37. The molecule has 0 fully saturated rings. The van der Waals surface area contributed by atoms with Crippen LogP contribution in [-0.2, 0) is 4.79 Å². The molecule has 0 saturated heterocycles. The minimum absolute atomic E-state index is 0.444. The number of esters is 1. The fourth-order valence-electron chi connectivity index (χ4n) is 1.20. The fourth-order valence-corrected chi connectivity index (χ4v) is 1.20. The zero-order valence-corrected chi connectivity index (χ0v) is 10.2. The van der Waals surface area contributed by atoms with Gasteiger partial charge in [0.05, 0.1) is 0 Å². The molecule has 0 aliphatic rings. The number of rotatable bonds is 5. The maximum atomic E-state index is 11.0. The van der Waals surface area contributed by atoms with Crippen LogP contribution in [0.15, 0.2) is 43.0 Å². The van der Waals surface area contributed by atoms with Gasteiger partial charge in [0.15, 0.2) is 0 Å². The van der Waals surface area contributed by atoms with Gasteiger partial charge in [0.25, 0.3) is 0 Å². The van der Waals surface area contributed by atoms with E-state index >= 15 is 0 Å². The molecule has 0 aliphatic heterocycles. The zero-order chi connectivity index (χ0) is 12.7. The van der Waals surface area contributed by atoms with Gasteiger partial charge in [-0.05, 0) is 31.8 Å². The Morgan fingerprint density at radius 2 is 2.00 bits per heavy atom. The van der Waals surface area contributed by atoms with Gasteiger partial charge in [-0.15, -0.1) is 0 Å². The average molecular weight is 231 g/mol. The summed E-state index contributed by atoms with van der Waals surface area (Å²) in [4.78, 5) is 13.0. The van der Waals surface area contributed by atoms with Crippen molar-refractivity contribution in [2.24, 2.45) is 0 Å². The van der Waals surface area contributed by atoms with E-state index in [4.69, 9.17) is 4.74 Å². The Morgan fingerprint density at radius 1 is 1.35 bits per heavy atom. The van der Waals surface area contributed by atoms with Crippen molar-refractivity contribution in [1.29, 1.82) is 0 Å². The van der Waals surface area contributed by atoms with E-state index in [1.54, 1.807) is 12.1 Å². The molecular formula is C14H17NO2. The number of carbonyl (C=O) groups is 1. The molecule has 1 aromatic rings. The number of ether oxygens (including phenoxy) is 1. The predicted molar refractivity (Wildman–Crippen MR) is 69.9 cm³/mol. The molecule has 0 radical (unpaired) electrons. The van der Waals surface area contributed by atoms with E-state index in [9.17, 15) is 4.79 Å². The highest BCUT2D eigenvalue weighted by molar-refractivity contribution is 5.83. The lowest BCUT2D eigenvalue weighted by Crippen LogP contribution is -2.10. The quantitative estimate of drug-likeness (QED) is 0.442. The van der Waals surface area contributed by atoms with Crippen molar-refractivity contribution in [1.82, 2.24) is 4.90 Å². The maximum absolute atomic E-state index is 11.0. The van der Waals surface area contributed by atoms with Crippen LogP contribution < -0.4 is 4.74 Å². The lowest BCUT2D eigenvalue weighted by molar-refractivity contribution is -0.128. The largest absolute Gasteiger partial charge is 0.423 e. The van der Waals surface area contributed by atoms with Gasteiger partial charge in [-0.3, -0.25) is 0 Å². The van der Waals surface area contributed by atoms with Crippen LogP contribution in [0.3, 0.4) is 0 Å². The third-order valence-electron chi connectivity index (χ3n) is 2.05. The van der Waals surface area contributed by atoms with Crippen LogP contribution in [0.25, 0.3) is 6.08 Å². The van der Waals surface area contributed by atoms with Crippen LogP contribution in [-0.4, -0.2) is 31.5 Å². The Hall–Kier alpha value is -1.87. The molecule has 3 nitrogen and oxygen atoms in total. The Balaban J connectivity index is 2.58. The molecule has 1 aromatic carbocycles. The number of likely N-dealkylation sites (N-methyl/N-ethyl adjacent to an activating group) is 1. The fraction of sp³-hybridized carbons (Fsp3) is 0.214. The van der Waals surface area contributed by atoms with Gasteiger partial charge in [0, 0.05) is 12.6 Å². The topological polar surface area (TPSA) is 29.5 Å². The van der Waals surface area contributed by atoms with Crippen molar-refractivity contribution in [3.05, 3.63) is 48.6 Å². The molecule has 0 atom stereocenters. The summed E-state index contributed by atoms with van der Waals surface area (Å²) in [5, 5.41) is 0. The molecule has 0 aliphatic carbocycles. The monoisotopic (exact) mass is 231 g/mol. The summed E-state index contributed by atoms with van der Waals surface area (Å²) < 4.78 is 4.97. The summed E-state index contributed by atoms with van der Waals surface area (Å²) >= 11 is 0. The number of hydrogen-bond acceptors (Lipinski definition) is 3. The van der Waals surface area contributed by atoms with Crippen LogP contribution in [0.4, 0.5) is 0 Å². The highest BCUT2D eigenvalue weighted by Crippen LogP contribution is 2.13. The number of nitrogens with zero attached hydrogens (tertiary/aromatic N) is 1. The van der Waals surface area contributed by atoms with Crippen LogP contribution in [0, 0.1) is 0 Å². The lowest BCUT2D eigenvalue weighted by Gasteiger charge is -2.04. The molecule has 3 heteroatoms. The predicted octanol–water partition coefficient (Wildman–Crippen LogP) is 2.35. The molecule has 0 unspecified atom stereocenters. The second-order valence-corrected chi connectivity index (χ2v) is 3.86. The first-order valence-electron chi connectivity index (χ1n) is 5.37. The summed E-state index contributed by atoms with van der Waals surface area (Å²) in [6.45, 7) is 4.24. The average Bonchev–Trinajstić information content (AvgIpc) is 2.31. The van der Waals surface area contributed by atoms with E-state index < -0.39 is 5.97 Å². The van der Waals surface area contributed by atoms with Crippen molar-refractivity contribution in [2.75, 3.05) is 20.6 Å². The molecule has 17 heavy (non-hydrogen) atoms. The van der Waals surface area contributed by atoms with Gasteiger partial charge in [-0.25, -0.2) is 4.79 Å². The standard InChI is InChI=1S/C14H17NO2/c1-4-14(16)17-13-9-7-12(8-10-13)6-5-11-15(2)3/h4-10H,1,11H2,2-3H3. The summed E-state index contributed by atoms with van der Waals surface area (Å²) in [6.07, 6.45) is 5.24. The molecule has 0 spiro atoms. The van der Waals surface area contributed by atoms with Gasteiger partial charge < -0.3 is 9.64 Å². The van der Waals surface area contributed by atoms with Gasteiger partial charge in [0.1, 0.15) is 5.75 Å². The van der Waals surface area contributed by atoms with Crippen LogP contribution >= 0.6 is 0 Å². The van der Waals surface area contributed by atoms with E-state index in [1.165, 1.54) is 0 Å². The SMILES string of the molecule is C=CC(=O)Oc1ccc(C=CCN(C)C)cc1. The van der Waals surface area contributed by atoms with Gasteiger partial charge in [-0.2, -0.15) is 0 Å². The highest BCUT2D eigenvalue weighted by Gasteiger charge is 1.98. The first-order chi connectivity index (χ1) is 8.11. The highest BCUT2D eigenvalue weighted by atomic mass is 16.5. The van der Waals surface area contributed by atoms with Crippen LogP contribution in [0.2, 0.25) is 0 Å². The Labute approximate surface area is 102 Å². The second kappa shape index (κ2) is 6.66. The van der Waals surface area contributed by atoms with Gasteiger partial charge in [-0.1, -0.05) is 30.9 Å². The molecule has 0 aromatic heterocycles. The van der Waals surface area contributed by atoms with E-state index in [-0.39, 0.29) is 0 Å². The molecule has 1 rings (SSSR count). The minimum Gasteiger partial charge on any atom is -0.423 e. The number of carbonyl (C=O) groups excluding carboxylic acids is 1. The molecule has 0 bridgehead atoms. The van der Waals surface area contributed by atoms with E-state index in [1.807, 2.05) is 32.3 Å². The third-order valence-corrected chi connectivity index (χ3v) is 2.05. The normalized spacial score (nSPS) is 10.8. The van der Waals surface area contributed by atoms with Crippen LogP contribution in [0.1, 0.15) is 5.56 Å². The second-order valence-electron chi connectivity index (χ2n) is 3.86. The molecule has 0 heterocycles. The minimum atomic E-state index is -0.444. The summed E-state index contributed by atoms with van der Waals surface area (Å²) in [5.41, 5.74) is 1.07. The summed E-state index contributed by atoms with van der Waals surface area (Å²) in [6, 6.07) is 7.32. The van der Waals surface area contributed by atoms with Gasteiger partial charge in [0.2, 0.25) is 0 Å². The Morgan fingerprint density at radius 3 is 2.53 bits per heavy atom. The van der Waals surface area contributed by atoms with E-state index in [2.05, 4.69) is 17.6 Å². The van der Waals surface area contributed by atoms with E-state index in [0.717, 1.165) is 18.2 Å². The van der Waals surface area contributed by atoms with Crippen molar-refractivity contribution >= 4 is 12.0 Å². The number of hydrogen-bond donors (Lipinski definition) is 0. The summed E-state index contributed by atoms with van der Waals surface area (Å²) in [7, 11) is 4.03. The molecule has 90 valence electrons. The van der Waals surface area contributed by atoms with E-state index in [0.29, 0.717) is 5.75 Å².